The summed E-state index contributed by atoms with van der Waals surface area (Å²) in [5, 5.41) is 6.85. The van der Waals surface area contributed by atoms with Crippen LogP contribution in [0.4, 0.5) is 4.79 Å². The fraction of sp³-hybridized carbons (Fsp3) is 0.650. The van der Waals surface area contributed by atoms with Gasteiger partial charge in [0.25, 0.3) is 0 Å². The first kappa shape index (κ1) is 17.3. The molecule has 0 saturated heterocycles. The molecule has 4 nitrogen and oxygen atoms in total. The number of rotatable bonds is 3. The lowest BCUT2D eigenvalue weighted by molar-refractivity contribution is 0.0489. The number of benzene rings is 1. The zero-order valence-corrected chi connectivity index (χ0v) is 15.1. The topological polar surface area (TPSA) is 50.4 Å². The predicted molar refractivity (Wildman–Crippen MR) is 96.2 cm³/mol. The van der Waals surface area contributed by atoms with Crippen molar-refractivity contribution in [2.24, 2.45) is 0 Å². The van der Waals surface area contributed by atoms with Crippen LogP contribution in [0, 0.1) is 0 Å². The van der Waals surface area contributed by atoms with Crippen LogP contribution in [0.2, 0.25) is 0 Å². The van der Waals surface area contributed by atoms with Gasteiger partial charge in [0.15, 0.2) is 0 Å². The average molecular weight is 330 g/mol. The maximum absolute atomic E-state index is 11.9. The van der Waals surface area contributed by atoms with E-state index in [9.17, 15) is 4.79 Å². The van der Waals surface area contributed by atoms with Crippen LogP contribution < -0.4 is 10.6 Å². The minimum Gasteiger partial charge on any atom is -0.444 e. The molecule has 24 heavy (non-hydrogen) atoms. The van der Waals surface area contributed by atoms with Crippen molar-refractivity contribution in [2.45, 2.75) is 83.0 Å². The molecule has 2 aliphatic carbocycles. The third kappa shape index (κ3) is 4.73. The maximum atomic E-state index is 11.9. The Bertz CT molecular complexity index is 546. The highest BCUT2D eigenvalue weighted by Gasteiger charge is 2.28. The van der Waals surface area contributed by atoms with E-state index in [4.69, 9.17) is 4.74 Å². The Labute approximate surface area is 145 Å². The first-order valence-corrected chi connectivity index (χ1v) is 9.21. The molecule has 0 aromatic heterocycles. The van der Waals surface area contributed by atoms with Gasteiger partial charge in [0.1, 0.15) is 5.60 Å². The highest BCUT2D eigenvalue weighted by Crippen LogP contribution is 2.25. The van der Waals surface area contributed by atoms with Gasteiger partial charge in [0.05, 0.1) is 0 Å². The first-order chi connectivity index (χ1) is 11.4. The van der Waals surface area contributed by atoms with Crippen molar-refractivity contribution < 1.29 is 9.53 Å². The molecular formula is C20H30N2O2. The van der Waals surface area contributed by atoms with Crippen LogP contribution in [0.15, 0.2) is 24.3 Å². The largest absolute Gasteiger partial charge is 0.444 e. The van der Waals surface area contributed by atoms with Gasteiger partial charge in [-0.25, -0.2) is 4.79 Å². The normalized spacial score (nSPS) is 24.5. The van der Waals surface area contributed by atoms with E-state index < -0.39 is 5.60 Å². The molecule has 3 rings (SSSR count). The monoisotopic (exact) mass is 330 g/mol. The number of amides is 1. The van der Waals surface area contributed by atoms with E-state index in [-0.39, 0.29) is 12.1 Å². The number of carbonyl (C=O) groups is 1. The van der Waals surface area contributed by atoms with Gasteiger partial charge in [0, 0.05) is 18.1 Å². The number of alkyl carbamates (subject to hydrolysis) is 1. The van der Waals surface area contributed by atoms with Gasteiger partial charge in [-0.05, 0) is 70.4 Å². The summed E-state index contributed by atoms with van der Waals surface area (Å²) in [6.45, 7) is 5.69. The van der Waals surface area contributed by atoms with E-state index in [1.54, 1.807) is 0 Å². The van der Waals surface area contributed by atoms with Crippen molar-refractivity contribution in [2.75, 3.05) is 0 Å². The lowest BCUT2D eigenvalue weighted by Crippen LogP contribution is -2.46. The van der Waals surface area contributed by atoms with Crippen LogP contribution in [-0.2, 0) is 17.6 Å². The molecule has 2 N–H and O–H groups in total. The van der Waals surface area contributed by atoms with E-state index in [1.807, 2.05) is 20.8 Å². The summed E-state index contributed by atoms with van der Waals surface area (Å²) in [6, 6.07) is 10.2. The second kappa shape index (κ2) is 7.14. The summed E-state index contributed by atoms with van der Waals surface area (Å²) < 4.78 is 5.35. The molecule has 0 heterocycles. The lowest BCUT2D eigenvalue weighted by atomic mass is 9.90. The second-order valence-corrected chi connectivity index (χ2v) is 8.24. The number of ether oxygens (including phenoxy) is 1. The van der Waals surface area contributed by atoms with E-state index in [0.717, 1.165) is 38.5 Å². The zero-order chi connectivity index (χ0) is 17.2. The van der Waals surface area contributed by atoms with E-state index >= 15 is 0 Å². The Balaban J connectivity index is 1.39. The Morgan fingerprint density at radius 3 is 2.04 bits per heavy atom. The highest BCUT2D eigenvalue weighted by atomic mass is 16.6. The van der Waals surface area contributed by atoms with Crippen LogP contribution in [0.5, 0.6) is 0 Å². The van der Waals surface area contributed by atoms with Crippen LogP contribution in [-0.4, -0.2) is 29.8 Å². The van der Waals surface area contributed by atoms with Crippen molar-refractivity contribution in [1.82, 2.24) is 10.6 Å². The Morgan fingerprint density at radius 1 is 0.958 bits per heavy atom. The highest BCUT2D eigenvalue weighted by molar-refractivity contribution is 5.68. The Hall–Kier alpha value is -1.55. The van der Waals surface area contributed by atoms with E-state index in [1.165, 1.54) is 11.1 Å². The number of fused-ring (bicyclic) bond motifs is 1. The summed E-state index contributed by atoms with van der Waals surface area (Å²) in [7, 11) is 0. The molecule has 1 saturated carbocycles. The Kier molecular flexibility index (Phi) is 5.14. The Morgan fingerprint density at radius 2 is 1.50 bits per heavy atom. The summed E-state index contributed by atoms with van der Waals surface area (Å²) in [4.78, 5) is 11.9. The number of hydrogen-bond acceptors (Lipinski definition) is 3. The molecule has 132 valence electrons. The molecule has 0 radical (unpaired) electrons. The summed E-state index contributed by atoms with van der Waals surface area (Å²) >= 11 is 0. The van der Waals surface area contributed by atoms with Crippen molar-refractivity contribution >= 4 is 6.09 Å². The fourth-order valence-corrected chi connectivity index (χ4v) is 3.89. The smallest absolute Gasteiger partial charge is 0.407 e. The molecule has 1 amide bonds. The quantitative estimate of drug-likeness (QED) is 0.890. The third-order valence-electron chi connectivity index (χ3n) is 4.97. The molecule has 1 fully saturated rings. The van der Waals surface area contributed by atoms with Gasteiger partial charge < -0.3 is 15.4 Å². The van der Waals surface area contributed by atoms with Crippen molar-refractivity contribution in [1.29, 1.82) is 0 Å². The molecule has 0 spiro atoms. The summed E-state index contributed by atoms with van der Waals surface area (Å²) in [5.74, 6) is 0. The summed E-state index contributed by atoms with van der Waals surface area (Å²) in [5.41, 5.74) is 2.56. The zero-order valence-electron chi connectivity index (χ0n) is 15.1. The van der Waals surface area contributed by atoms with Crippen LogP contribution in [0.1, 0.15) is 57.6 Å². The number of carbonyl (C=O) groups excluding carboxylic acids is 1. The van der Waals surface area contributed by atoms with Gasteiger partial charge in [-0.15, -0.1) is 0 Å². The lowest BCUT2D eigenvalue weighted by Gasteiger charge is -2.32. The molecular weight excluding hydrogens is 300 g/mol. The minimum atomic E-state index is -0.430. The predicted octanol–water partition coefficient (Wildman–Crippen LogP) is 3.58. The molecule has 2 aliphatic rings. The molecule has 1 aromatic carbocycles. The average Bonchev–Trinajstić information content (AvgIpc) is 2.89. The van der Waals surface area contributed by atoms with Gasteiger partial charge in [-0.3, -0.25) is 0 Å². The van der Waals surface area contributed by atoms with Crippen LogP contribution in [0.3, 0.4) is 0 Å². The summed E-state index contributed by atoms with van der Waals surface area (Å²) in [6.07, 6.45) is 6.29. The molecule has 0 bridgehead atoms. The fourth-order valence-electron chi connectivity index (χ4n) is 3.89. The van der Waals surface area contributed by atoms with Crippen molar-refractivity contribution in [3.8, 4) is 0 Å². The SMILES string of the molecule is CC(C)(C)OC(=O)NC1CCC(NC2Cc3ccccc3C2)CC1. The second-order valence-electron chi connectivity index (χ2n) is 8.24. The molecule has 0 unspecified atom stereocenters. The van der Waals surface area contributed by atoms with E-state index in [2.05, 4.69) is 34.9 Å². The molecule has 0 atom stereocenters. The van der Waals surface area contributed by atoms with Crippen molar-refractivity contribution in [3.05, 3.63) is 35.4 Å². The molecule has 4 heteroatoms. The van der Waals surface area contributed by atoms with Gasteiger partial charge in [-0.2, -0.15) is 0 Å². The molecule has 0 aliphatic heterocycles. The maximum Gasteiger partial charge on any atom is 0.407 e. The first-order valence-electron chi connectivity index (χ1n) is 9.21. The number of hydrogen-bond donors (Lipinski definition) is 2. The minimum absolute atomic E-state index is 0.249. The molecule has 1 aromatic rings. The standard InChI is InChI=1S/C20H30N2O2/c1-20(2,3)24-19(23)22-17-10-8-16(9-11-17)21-18-12-14-6-4-5-7-15(14)13-18/h4-7,16-18,21H,8-13H2,1-3H3,(H,22,23). The van der Waals surface area contributed by atoms with Gasteiger partial charge >= 0.3 is 6.09 Å². The number of nitrogens with one attached hydrogen (secondary N) is 2. The van der Waals surface area contributed by atoms with Crippen molar-refractivity contribution in [3.63, 3.8) is 0 Å². The van der Waals surface area contributed by atoms with Gasteiger partial charge in [0.2, 0.25) is 0 Å². The van der Waals surface area contributed by atoms with Gasteiger partial charge in [-0.1, -0.05) is 24.3 Å². The third-order valence-corrected chi connectivity index (χ3v) is 4.97. The van der Waals surface area contributed by atoms with Crippen LogP contribution in [0.25, 0.3) is 0 Å². The van der Waals surface area contributed by atoms with E-state index in [0.29, 0.717) is 12.1 Å². The van der Waals surface area contributed by atoms with Crippen LogP contribution >= 0.6 is 0 Å².